The summed E-state index contributed by atoms with van der Waals surface area (Å²) >= 11 is 0. The Morgan fingerprint density at radius 3 is 2.61 bits per heavy atom. The van der Waals surface area contributed by atoms with Crippen molar-refractivity contribution >= 4 is 5.97 Å². The van der Waals surface area contributed by atoms with E-state index < -0.39 is 5.41 Å². The molecule has 0 saturated heterocycles. The van der Waals surface area contributed by atoms with Gasteiger partial charge in [-0.25, -0.2) is 0 Å². The lowest BCUT2D eigenvalue weighted by Crippen LogP contribution is -2.31. The van der Waals surface area contributed by atoms with Crippen molar-refractivity contribution in [1.82, 2.24) is 0 Å². The molecule has 98 valence electrons. The average molecular weight is 250 g/mol. The minimum absolute atomic E-state index is 0.235. The maximum atomic E-state index is 11.9. The lowest BCUT2D eigenvalue weighted by molar-refractivity contribution is -0.148. The molecule has 0 saturated carbocycles. The van der Waals surface area contributed by atoms with Gasteiger partial charge in [0.25, 0.3) is 0 Å². The molecule has 0 spiro atoms. The van der Waals surface area contributed by atoms with Crippen molar-refractivity contribution in [3.63, 3.8) is 0 Å². The molecule has 1 heterocycles. The van der Waals surface area contributed by atoms with Crippen LogP contribution in [-0.4, -0.2) is 25.8 Å². The average Bonchev–Trinajstić information content (AvgIpc) is 2.38. The Balaban J connectivity index is 2.30. The number of ether oxygens (including phenoxy) is 3. The lowest BCUT2D eigenvalue weighted by atomic mass is 9.84. The molecule has 4 heteroatoms. The van der Waals surface area contributed by atoms with Crippen LogP contribution in [-0.2, 0) is 14.9 Å². The lowest BCUT2D eigenvalue weighted by Gasteiger charge is -2.25. The predicted octanol–water partition coefficient (Wildman–Crippen LogP) is 2.30. The molecule has 0 N–H and O–H groups in total. The Morgan fingerprint density at radius 1 is 1.28 bits per heavy atom. The van der Waals surface area contributed by atoms with E-state index in [1.807, 2.05) is 32.0 Å². The van der Waals surface area contributed by atoms with Crippen molar-refractivity contribution in [2.75, 3.05) is 19.8 Å². The first kappa shape index (κ1) is 12.7. The van der Waals surface area contributed by atoms with Crippen LogP contribution in [0.1, 0.15) is 26.3 Å². The van der Waals surface area contributed by atoms with Crippen LogP contribution < -0.4 is 9.47 Å². The van der Waals surface area contributed by atoms with Crippen LogP contribution in [0.25, 0.3) is 0 Å². The van der Waals surface area contributed by atoms with Crippen LogP contribution >= 0.6 is 0 Å². The van der Waals surface area contributed by atoms with E-state index in [2.05, 4.69) is 0 Å². The summed E-state index contributed by atoms with van der Waals surface area (Å²) in [4.78, 5) is 11.9. The van der Waals surface area contributed by atoms with Gasteiger partial charge in [-0.2, -0.15) is 0 Å². The van der Waals surface area contributed by atoms with Gasteiger partial charge in [0.15, 0.2) is 11.5 Å². The molecule has 0 atom stereocenters. The maximum absolute atomic E-state index is 11.9. The van der Waals surface area contributed by atoms with Crippen LogP contribution in [0.15, 0.2) is 18.2 Å². The first-order chi connectivity index (χ1) is 8.55. The minimum atomic E-state index is -0.689. The zero-order valence-electron chi connectivity index (χ0n) is 11.0. The molecule has 1 aliphatic heterocycles. The number of benzene rings is 1. The zero-order valence-corrected chi connectivity index (χ0v) is 11.0. The first-order valence-electron chi connectivity index (χ1n) is 6.13. The molecule has 4 nitrogen and oxygen atoms in total. The summed E-state index contributed by atoms with van der Waals surface area (Å²) in [5.41, 5.74) is 0.177. The number of carbonyl (C=O) groups is 1. The third kappa shape index (κ3) is 2.28. The van der Waals surface area contributed by atoms with E-state index in [-0.39, 0.29) is 5.97 Å². The molecule has 1 aromatic rings. The fourth-order valence-corrected chi connectivity index (χ4v) is 1.86. The van der Waals surface area contributed by atoms with E-state index in [0.29, 0.717) is 25.6 Å². The number of hydrogen-bond donors (Lipinski definition) is 0. The van der Waals surface area contributed by atoms with E-state index in [9.17, 15) is 4.79 Å². The van der Waals surface area contributed by atoms with Crippen LogP contribution in [0.2, 0.25) is 0 Å². The molecule has 0 aromatic heterocycles. The third-order valence-electron chi connectivity index (χ3n) is 3.05. The number of hydrogen-bond acceptors (Lipinski definition) is 4. The van der Waals surface area contributed by atoms with Gasteiger partial charge in [0.2, 0.25) is 0 Å². The molecule has 1 aliphatic rings. The van der Waals surface area contributed by atoms with Crippen molar-refractivity contribution in [2.24, 2.45) is 0 Å². The Labute approximate surface area is 107 Å². The van der Waals surface area contributed by atoms with Crippen LogP contribution in [0.4, 0.5) is 0 Å². The van der Waals surface area contributed by atoms with E-state index in [1.54, 1.807) is 6.92 Å². The third-order valence-corrected chi connectivity index (χ3v) is 3.05. The summed E-state index contributed by atoms with van der Waals surface area (Å²) in [5.74, 6) is 1.18. The van der Waals surface area contributed by atoms with Gasteiger partial charge < -0.3 is 14.2 Å². The topological polar surface area (TPSA) is 44.8 Å². The van der Waals surface area contributed by atoms with Crippen molar-refractivity contribution in [1.29, 1.82) is 0 Å². The maximum Gasteiger partial charge on any atom is 0.315 e. The van der Waals surface area contributed by atoms with Gasteiger partial charge in [0.1, 0.15) is 13.2 Å². The summed E-state index contributed by atoms with van der Waals surface area (Å²) in [7, 11) is 0. The molecule has 1 aromatic carbocycles. The summed E-state index contributed by atoms with van der Waals surface area (Å²) in [6, 6.07) is 5.57. The molecule has 0 bridgehead atoms. The van der Waals surface area contributed by atoms with Gasteiger partial charge in [0.05, 0.1) is 12.0 Å². The van der Waals surface area contributed by atoms with Crippen molar-refractivity contribution in [3.8, 4) is 11.5 Å². The van der Waals surface area contributed by atoms with Crippen LogP contribution in [0.5, 0.6) is 11.5 Å². The molecule has 0 aliphatic carbocycles. The highest BCUT2D eigenvalue weighted by atomic mass is 16.6. The fourth-order valence-electron chi connectivity index (χ4n) is 1.86. The van der Waals surface area contributed by atoms with Gasteiger partial charge in [-0.05, 0) is 38.5 Å². The Hall–Kier alpha value is -1.71. The molecule has 0 fully saturated rings. The molecular formula is C14H18O4. The summed E-state index contributed by atoms with van der Waals surface area (Å²) in [5, 5.41) is 0. The largest absolute Gasteiger partial charge is 0.486 e. The molecular weight excluding hydrogens is 232 g/mol. The van der Waals surface area contributed by atoms with Crippen LogP contribution in [0.3, 0.4) is 0 Å². The first-order valence-corrected chi connectivity index (χ1v) is 6.13. The van der Waals surface area contributed by atoms with Gasteiger partial charge in [-0.1, -0.05) is 6.07 Å². The SMILES string of the molecule is CCOC(=O)C(C)(C)c1ccc2c(c1)OCCO2. The molecule has 2 rings (SSSR count). The van der Waals surface area contributed by atoms with Crippen molar-refractivity contribution in [3.05, 3.63) is 23.8 Å². The number of carbonyl (C=O) groups excluding carboxylic acids is 1. The quantitative estimate of drug-likeness (QED) is 0.772. The van der Waals surface area contributed by atoms with Crippen molar-refractivity contribution in [2.45, 2.75) is 26.2 Å². The summed E-state index contributed by atoms with van der Waals surface area (Å²) in [6.07, 6.45) is 0. The predicted molar refractivity (Wildman–Crippen MR) is 67.1 cm³/mol. The Kier molecular flexibility index (Phi) is 3.45. The zero-order chi connectivity index (χ0) is 13.2. The molecule has 18 heavy (non-hydrogen) atoms. The smallest absolute Gasteiger partial charge is 0.315 e. The second kappa shape index (κ2) is 4.88. The minimum Gasteiger partial charge on any atom is -0.486 e. The summed E-state index contributed by atoms with van der Waals surface area (Å²) in [6.45, 7) is 6.97. The van der Waals surface area contributed by atoms with E-state index in [1.165, 1.54) is 0 Å². The Morgan fingerprint density at radius 2 is 1.94 bits per heavy atom. The molecule has 0 unspecified atom stereocenters. The monoisotopic (exact) mass is 250 g/mol. The van der Waals surface area contributed by atoms with E-state index in [0.717, 1.165) is 11.3 Å². The van der Waals surface area contributed by atoms with Gasteiger partial charge in [0, 0.05) is 0 Å². The van der Waals surface area contributed by atoms with Crippen molar-refractivity contribution < 1.29 is 19.0 Å². The second-order valence-electron chi connectivity index (χ2n) is 4.70. The molecule has 0 radical (unpaired) electrons. The second-order valence-corrected chi connectivity index (χ2v) is 4.70. The summed E-state index contributed by atoms with van der Waals surface area (Å²) < 4.78 is 16.1. The van der Waals surface area contributed by atoms with Gasteiger partial charge in [-0.3, -0.25) is 4.79 Å². The highest BCUT2D eigenvalue weighted by molar-refractivity contribution is 5.82. The normalized spacial score (nSPS) is 14.2. The number of fused-ring (bicyclic) bond motifs is 1. The highest BCUT2D eigenvalue weighted by Gasteiger charge is 2.32. The van der Waals surface area contributed by atoms with E-state index in [4.69, 9.17) is 14.2 Å². The van der Waals surface area contributed by atoms with E-state index >= 15 is 0 Å². The standard InChI is InChI=1S/C14H18O4/c1-4-16-13(15)14(2,3)10-5-6-11-12(9-10)18-8-7-17-11/h5-6,9H,4,7-8H2,1-3H3. The van der Waals surface area contributed by atoms with Crippen LogP contribution in [0, 0.1) is 0 Å². The highest BCUT2D eigenvalue weighted by Crippen LogP contribution is 2.35. The fraction of sp³-hybridized carbons (Fsp3) is 0.500. The number of rotatable bonds is 3. The van der Waals surface area contributed by atoms with Gasteiger partial charge in [-0.15, -0.1) is 0 Å². The Bertz CT molecular complexity index is 451. The molecule has 0 amide bonds. The van der Waals surface area contributed by atoms with Gasteiger partial charge >= 0.3 is 5.97 Å². The number of esters is 1.